The second-order valence-corrected chi connectivity index (χ2v) is 8.69. The topological polar surface area (TPSA) is 98.0 Å². The molecule has 3 rings (SSSR count). The Morgan fingerprint density at radius 1 is 1.42 bits per heavy atom. The van der Waals surface area contributed by atoms with Crippen molar-refractivity contribution >= 4 is 32.5 Å². The maximum atomic E-state index is 13.7. The van der Waals surface area contributed by atoms with Gasteiger partial charge in [-0.15, -0.1) is 10.2 Å². The van der Waals surface area contributed by atoms with Crippen molar-refractivity contribution in [3.05, 3.63) is 28.4 Å². The average molecular weight is 373 g/mol. The molecule has 6 nitrogen and oxygen atoms in total. The van der Waals surface area contributed by atoms with Gasteiger partial charge in [0.15, 0.2) is 5.15 Å². The standard InChI is InChI=1S/C15H18ClFN4O2S/c1-15(2,17)7-19-24(22,23)11-5-8-3-4-10(18)13(8)14-9(11)6-12(16)20-21-14/h5-6,10,19H,3-4,7,18H2,1-2H3. The number of rotatable bonds is 4. The number of hydrogen-bond donors (Lipinski definition) is 2. The van der Waals surface area contributed by atoms with Gasteiger partial charge < -0.3 is 5.73 Å². The van der Waals surface area contributed by atoms with E-state index in [9.17, 15) is 12.8 Å². The van der Waals surface area contributed by atoms with Crippen molar-refractivity contribution in [3.8, 4) is 0 Å². The molecule has 0 amide bonds. The minimum atomic E-state index is -3.93. The molecule has 1 aliphatic carbocycles. The van der Waals surface area contributed by atoms with Crippen LogP contribution in [0.5, 0.6) is 0 Å². The minimum Gasteiger partial charge on any atom is -0.324 e. The Kier molecular flexibility index (Phi) is 4.28. The number of aryl methyl sites for hydroxylation is 1. The quantitative estimate of drug-likeness (QED) is 0.857. The van der Waals surface area contributed by atoms with E-state index in [4.69, 9.17) is 17.3 Å². The highest BCUT2D eigenvalue weighted by atomic mass is 35.5. The van der Waals surface area contributed by atoms with E-state index in [0.29, 0.717) is 23.7 Å². The average Bonchev–Trinajstić information content (AvgIpc) is 2.85. The zero-order valence-electron chi connectivity index (χ0n) is 13.3. The number of sulfonamides is 1. The summed E-state index contributed by atoms with van der Waals surface area (Å²) < 4.78 is 41.4. The van der Waals surface area contributed by atoms with E-state index in [1.807, 2.05) is 0 Å². The Morgan fingerprint density at radius 2 is 2.12 bits per heavy atom. The Balaban J connectivity index is 2.20. The number of hydrogen-bond acceptors (Lipinski definition) is 5. The molecule has 0 radical (unpaired) electrons. The number of halogens is 2. The third-order valence-electron chi connectivity index (χ3n) is 4.00. The van der Waals surface area contributed by atoms with Crippen molar-refractivity contribution in [2.24, 2.45) is 5.73 Å². The van der Waals surface area contributed by atoms with Crippen LogP contribution in [-0.2, 0) is 16.4 Å². The maximum absolute atomic E-state index is 13.7. The molecule has 1 atom stereocenters. The summed E-state index contributed by atoms with van der Waals surface area (Å²) in [5, 5.41) is 8.29. The van der Waals surface area contributed by atoms with E-state index >= 15 is 0 Å². The summed E-state index contributed by atoms with van der Waals surface area (Å²) in [4.78, 5) is 0.0198. The van der Waals surface area contributed by atoms with Crippen LogP contribution in [0, 0.1) is 0 Å². The number of nitrogens with two attached hydrogens (primary N) is 1. The maximum Gasteiger partial charge on any atom is 0.241 e. The van der Waals surface area contributed by atoms with Gasteiger partial charge in [-0.1, -0.05) is 11.6 Å². The highest BCUT2D eigenvalue weighted by Gasteiger charge is 2.29. The van der Waals surface area contributed by atoms with Crippen molar-refractivity contribution in [2.45, 2.75) is 43.3 Å². The molecule has 0 saturated heterocycles. The zero-order valence-corrected chi connectivity index (χ0v) is 14.9. The molecule has 24 heavy (non-hydrogen) atoms. The van der Waals surface area contributed by atoms with E-state index in [-0.39, 0.29) is 22.6 Å². The van der Waals surface area contributed by atoms with E-state index < -0.39 is 15.7 Å². The van der Waals surface area contributed by atoms with Crippen LogP contribution in [-0.4, -0.2) is 30.8 Å². The number of aromatic nitrogens is 2. The van der Waals surface area contributed by atoms with Gasteiger partial charge in [0.05, 0.1) is 10.4 Å². The molecule has 9 heteroatoms. The minimum absolute atomic E-state index is 0.0198. The lowest BCUT2D eigenvalue weighted by Gasteiger charge is -2.17. The number of fused-ring (bicyclic) bond motifs is 3. The smallest absolute Gasteiger partial charge is 0.241 e. The van der Waals surface area contributed by atoms with Gasteiger partial charge in [0.1, 0.15) is 5.67 Å². The molecule has 1 aromatic heterocycles. The first-order valence-corrected chi connectivity index (χ1v) is 9.37. The van der Waals surface area contributed by atoms with Crippen molar-refractivity contribution < 1.29 is 12.8 Å². The van der Waals surface area contributed by atoms with Gasteiger partial charge >= 0.3 is 0 Å². The van der Waals surface area contributed by atoms with Crippen molar-refractivity contribution in [3.63, 3.8) is 0 Å². The van der Waals surface area contributed by atoms with Gasteiger partial charge in [0.25, 0.3) is 0 Å². The summed E-state index contributed by atoms with van der Waals surface area (Å²) in [5.74, 6) is 0. The molecule has 1 heterocycles. The Hall–Kier alpha value is -1.35. The third-order valence-corrected chi connectivity index (χ3v) is 5.63. The van der Waals surface area contributed by atoms with Crippen molar-refractivity contribution in [1.29, 1.82) is 0 Å². The molecular formula is C15H18ClFN4O2S. The monoisotopic (exact) mass is 372 g/mol. The van der Waals surface area contributed by atoms with Crippen LogP contribution < -0.4 is 10.5 Å². The van der Waals surface area contributed by atoms with Crippen molar-refractivity contribution in [1.82, 2.24) is 14.9 Å². The van der Waals surface area contributed by atoms with E-state index in [1.165, 1.54) is 19.9 Å². The summed E-state index contributed by atoms with van der Waals surface area (Å²) in [7, 11) is -3.93. The van der Waals surface area contributed by atoms with Gasteiger partial charge in [0, 0.05) is 23.5 Å². The Labute approximate surface area is 144 Å². The number of alkyl halides is 1. The first kappa shape index (κ1) is 17.5. The van der Waals surface area contributed by atoms with Gasteiger partial charge in [-0.3, -0.25) is 0 Å². The highest BCUT2D eigenvalue weighted by Crippen LogP contribution is 2.38. The van der Waals surface area contributed by atoms with E-state index in [2.05, 4.69) is 14.9 Å². The van der Waals surface area contributed by atoms with Crippen LogP contribution in [0.2, 0.25) is 5.15 Å². The van der Waals surface area contributed by atoms with Crippen LogP contribution >= 0.6 is 11.6 Å². The first-order valence-electron chi connectivity index (χ1n) is 7.51. The Morgan fingerprint density at radius 3 is 2.79 bits per heavy atom. The summed E-state index contributed by atoms with van der Waals surface area (Å²) in [6.07, 6.45) is 1.37. The summed E-state index contributed by atoms with van der Waals surface area (Å²) >= 11 is 5.90. The molecule has 3 N–H and O–H groups in total. The van der Waals surface area contributed by atoms with E-state index in [0.717, 1.165) is 11.1 Å². The second kappa shape index (κ2) is 5.87. The molecule has 1 unspecified atom stereocenters. The largest absolute Gasteiger partial charge is 0.324 e. The van der Waals surface area contributed by atoms with Crippen LogP contribution in [0.3, 0.4) is 0 Å². The van der Waals surface area contributed by atoms with Gasteiger partial charge in [-0.2, -0.15) is 0 Å². The molecule has 1 aliphatic rings. The lowest BCUT2D eigenvalue weighted by molar-refractivity contribution is 0.221. The highest BCUT2D eigenvalue weighted by molar-refractivity contribution is 7.89. The predicted molar refractivity (Wildman–Crippen MR) is 90.2 cm³/mol. The van der Waals surface area contributed by atoms with Gasteiger partial charge in [0.2, 0.25) is 10.0 Å². The van der Waals surface area contributed by atoms with Gasteiger partial charge in [-0.25, -0.2) is 17.5 Å². The number of benzene rings is 1. The fraction of sp³-hybridized carbons (Fsp3) is 0.467. The summed E-state index contributed by atoms with van der Waals surface area (Å²) in [6, 6.07) is 2.81. The lowest BCUT2D eigenvalue weighted by Crippen LogP contribution is -2.35. The third kappa shape index (κ3) is 3.23. The SMILES string of the molecule is CC(C)(F)CNS(=O)(=O)c1cc2c(c3nnc(Cl)cc13)C(N)CC2. The van der Waals surface area contributed by atoms with Gasteiger partial charge in [-0.05, 0) is 44.4 Å². The molecular weight excluding hydrogens is 355 g/mol. The molecule has 2 aromatic rings. The molecule has 1 aromatic carbocycles. The fourth-order valence-corrected chi connectivity index (χ4v) is 4.44. The van der Waals surface area contributed by atoms with E-state index in [1.54, 1.807) is 6.07 Å². The summed E-state index contributed by atoms with van der Waals surface area (Å²) in [6.45, 7) is 2.27. The molecule has 0 fully saturated rings. The lowest BCUT2D eigenvalue weighted by atomic mass is 10.0. The Bertz CT molecular complexity index is 912. The summed E-state index contributed by atoms with van der Waals surface area (Å²) in [5.41, 5.74) is 6.50. The van der Waals surface area contributed by atoms with Crippen LogP contribution in [0.25, 0.3) is 10.9 Å². The normalized spacial score (nSPS) is 18.1. The van der Waals surface area contributed by atoms with Crippen LogP contribution in [0.4, 0.5) is 4.39 Å². The molecule has 0 bridgehead atoms. The first-order chi connectivity index (χ1) is 11.1. The molecule has 0 aliphatic heterocycles. The predicted octanol–water partition coefficient (Wildman–Crippen LogP) is 2.26. The number of nitrogens with zero attached hydrogens (tertiary/aromatic N) is 2. The fourth-order valence-electron chi connectivity index (χ4n) is 2.86. The molecule has 0 saturated carbocycles. The van der Waals surface area contributed by atoms with Crippen LogP contribution in [0.1, 0.15) is 37.4 Å². The zero-order chi connectivity index (χ0) is 17.7. The molecule has 0 spiro atoms. The van der Waals surface area contributed by atoms with Crippen LogP contribution in [0.15, 0.2) is 17.0 Å². The molecule has 130 valence electrons. The second-order valence-electron chi connectivity index (χ2n) is 6.57. The number of nitrogens with one attached hydrogen (secondary N) is 1. The van der Waals surface area contributed by atoms with Crippen molar-refractivity contribution in [2.75, 3.05) is 6.54 Å².